The molecule has 4 rings (SSSR count). The van der Waals surface area contributed by atoms with Crippen LogP contribution in [0.25, 0.3) is 0 Å². The van der Waals surface area contributed by atoms with Crippen molar-refractivity contribution in [2.24, 2.45) is 0 Å². The van der Waals surface area contributed by atoms with Crippen LogP contribution in [-0.4, -0.2) is 46.0 Å². The number of nitrogen functional groups attached to an aromatic ring is 1. The Morgan fingerprint density at radius 2 is 2.10 bits per heavy atom. The molecule has 0 spiro atoms. The van der Waals surface area contributed by atoms with Crippen molar-refractivity contribution < 1.29 is 9.53 Å². The predicted molar refractivity (Wildman–Crippen MR) is 112 cm³/mol. The summed E-state index contributed by atoms with van der Waals surface area (Å²) in [7, 11) is 2.14. The third-order valence-electron chi connectivity index (χ3n) is 5.43. The van der Waals surface area contributed by atoms with E-state index in [0.717, 1.165) is 37.9 Å². The van der Waals surface area contributed by atoms with Gasteiger partial charge < -0.3 is 25.6 Å². The molecule has 0 atom stereocenters. The van der Waals surface area contributed by atoms with E-state index in [9.17, 15) is 4.79 Å². The summed E-state index contributed by atoms with van der Waals surface area (Å²) >= 11 is 0. The summed E-state index contributed by atoms with van der Waals surface area (Å²) in [6, 6.07) is 6.58. The van der Waals surface area contributed by atoms with Crippen LogP contribution in [0.1, 0.15) is 42.1 Å². The van der Waals surface area contributed by atoms with Crippen LogP contribution >= 0.6 is 0 Å². The van der Waals surface area contributed by atoms with Crippen molar-refractivity contribution in [2.45, 2.75) is 45.8 Å². The van der Waals surface area contributed by atoms with Gasteiger partial charge >= 0.3 is 12.0 Å². The van der Waals surface area contributed by atoms with Gasteiger partial charge in [0.2, 0.25) is 0 Å². The molecule has 0 bridgehead atoms. The Morgan fingerprint density at radius 3 is 2.93 bits per heavy atom. The fourth-order valence-electron chi connectivity index (χ4n) is 3.76. The van der Waals surface area contributed by atoms with Gasteiger partial charge in [-0.25, -0.2) is 4.79 Å². The number of rotatable bonds is 6. The number of aromatic nitrogens is 2. The van der Waals surface area contributed by atoms with Crippen LogP contribution in [0.3, 0.4) is 0 Å². The minimum Gasteiger partial charge on any atom is -0.463 e. The SMILES string of the molecule is CCCCOc1nc(N)c2c(n1)CN(Cc1ccc3c(c1)CCN(C)C3)C(=O)N2. The molecule has 1 aromatic carbocycles. The highest BCUT2D eigenvalue weighted by Crippen LogP contribution is 2.29. The zero-order valence-electron chi connectivity index (χ0n) is 17.1. The summed E-state index contributed by atoms with van der Waals surface area (Å²) in [6.07, 6.45) is 3.00. The van der Waals surface area contributed by atoms with Crippen LogP contribution < -0.4 is 15.8 Å². The van der Waals surface area contributed by atoms with E-state index in [4.69, 9.17) is 10.5 Å². The van der Waals surface area contributed by atoms with E-state index in [1.165, 1.54) is 11.1 Å². The maximum absolute atomic E-state index is 12.6. The number of fused-ring (bicyclic) bond motifs is 2. The number of nitrogens with zero attached hydrogens (tertiary/aromatic N) is 4. The van der Waals surface area contributed by atoms with Gasteiger partial charge in [0.15, 0.2) is 5.82 Å². The first-order valence-corrected chi connectivity index (χ1v) is 10.2. The van der Waals surface area contributed by atoms with Gasteiger partial charge in [0.25, 0.3) is 0 Å². The fourth-order valence-corrected chi connectivity index (χ4v) is 3.76. The number of anilines is 2. The second kappa shape index (κ2) is 8.24. The summed E-state index contributed by atoms with van der Waals surface area (Å²) in [5.74, 6) is 0.243. The van der Waals surface area contributed by atoms with E-state index in [0.29, 0.717) is 31.1 Å². The minimum absolute atomic E-state index is 0.190. The van der Waals surface area contributed by atoms with Crippen molar-refractivity contribution in [2.75, 3.05) is 31.2 Å². The second-order valence-corrected chi connectivity index (χ2v) is 7.79. The first-order chi connectivity index (χ1) is 14.0. The number of hydrogen-bond acceptors (Lipinski definition) is 6. The number of benzene rings is 1. The van der Waals surface area contributed by atoms with Gasteiger partial charge in [-0.05, 0) is 36.6 Å². The average Bonchev–Trinajstić information content (AvgIpc) is 2.70. The van der Waals surface area contributed by atoms with E-state index in [1.54, 1.807) is 4.90 Å². The van der Waals surface area contributed by atoms with Gasteiger partial charge in [0.1, 0.15) is 5.69 Å². The lowest BCUT2D eigenvalue weighted by Crippen LogP contribution is -2.39. The standard InChI is InChI=1S/C21H28N6O2/c1-3-4-9-29-20-23-17-13-27(21(28)24-18(17)19(22)25-20)11-14-5-6-16-12-26(2)8-7-15(16)10-14/h5-6,10H,3-4,7-9,11-13H2,1-2H3,(H,24,28)(H2,22,23,25). The molecule has 0 saturated carbocycles. The largest absolute Gasteiger partial charge is 0.463 e. The summed E-state index contributed by atoms with van der Waals surface area (Å²) in [5, 5.41) is 2.84. The Labute approximate surface area is 171 Å². The van der Waals surface area contributed by atoms with Crippen molar-refractivity contribution in [3.8, 4) is 6.01 Å². The minimum atomic E-state index is -0.190. The molecule has 8 heteroatoms. The predicted octanol–water partition coefficient (Wildman–Crippen LogP) is 2.77. The Hall–Kier alpha value is -2.87. The third kappa shape index (κ3) is 4.27. The van der Waals surface area contributed by atoms with Gasteiger partial charge in [-0.15, -0.1) is 0 Å². The van der Waals surface area contributed by atoms with Crippen LogP contribution in [0, 0.1) is 0 Å². The summed E-state index contributed by atoms with van der Waals surface area (Å²) in [5.41, 5.74) is 11.1. The van der Waals surface area contributed by atoms with Gasteiger partial charge in [0, 0.05) is 19.6 Å². The van der Waals surface area contributed by atoms with Crippen molar-refractivity contribution in [3.05, 3.63) is 40.6 Å². The number of nitrogens with two attached hydrogens (primary N) is 1. The maximum atomic E-state index is 12.6. The smallest absolute Gasteiger partial charge is 0.322 e. The first-order valence-electron chi connectivity index (χ1n) is 10.2. The topological polar surface area (TPSA) is 96.6 Å². The van der Waals surface area contributed by atoms with Crippen LogP contribution in [0.15, 0.2) is 18.2 Å². The fraction of sp³-hybridized carbons (Fsp3) is 0.476. The van der Waals surface area contributed by atoms with Gasteiger partial charge in [-0.3, -0.25) is 0 Å². The Morgan fingerprint density at radius 1 is 1.24 bits per heavy atom. The molecule has 0 saturated heterocycles. The summed E-state index contributed by atoms with van der Waals surface area (Å²) < 4.78 is 5.61. The lowest BCUT2D eigenvalue weighted by atomic mass is 9.97. The van der Waals surface area contributed by atoms with E-state index in [-0.39, 0.29) is 17.9 Å². The number of likely N-dealkylation sites (N-methyl/N-ethyl adjacent to an activating group) is 1. The average molecular weight is 396 g/mol. The second-order valence-electron chi connectivity index (χ2n) is 7.79. The number of carbonyl (C=O) groups excluding carboxylic acids is 1. The molecule has 2 aliphatic heterocycles. The quantitative estimate of drug-likeness (QED) is 0.729. The lowest BCUT2D eigenvalue weighted by Gasteiger charge is -2.30. The van der Waals surface area contributed by atoms with Crippen molar-refractivity contribution in [1.29, 1.82) is 0 Å². The number of ether oxygens (including phenoxy) is 1. The Kier molecular flexibility index (Phi) is 5.53. The van der Waals surface area contributed by atoms with Crippen LogP contribution in [-0.2, 0) is 26.1 Å². The summed E-state index contributed by atoms with van der Waals surface area (Å²) in [6.45, 7) is 5.57. The monoisotopic (exact) mass is 396 g/mol. The molecule has 0 fully saturated rings. The van der Waals surface area contributed by atoms with E-state index < -0.39 is 0 Å². The third-order valence-corrected chi connectivity index (χ3v) is 5.43. The number of amides is 2. The highest BCUT2D eigenvalue weighted by atomic mass is 16.5. The van der Waals surface area contributed by atoms with E-state index in [1.807, 2.05) is 0 Å². The first kappa shape index (κ1) is 19.4. The maximum Gasteiger partial charge on any atom is 0.322 e. The molecular formula is C21H28N6O2. The molecule has 3 heterocycles. The Balaban J connectivity index is 1.50. The molecule has 8 nitrogen and oxygen atoms in total. The van der Waals surface area contributed by atoms with Crippen molar-refractivity contribution in [1.82, 2.24) is 19.8 Å². The van der Waals surface area contributed by atoms with Gasteiger partial charge in [0.05, 0.1) is 18.8 Å². The molecule has 2 aliphatic rings. The molecule has 3 N–H and O–H groups in total. The number of hydrogen-bond donors (Lipinski definition) is 2. The van der Waals surface area contributed by atoms with Gasteiger partial charge in [-0.1, -0.05) is 31.5 Å². The van der Waals surface area contributed by atoms with E-state index in [2.05, 4.69) is 52.4 Å². The van der Waals surface area contributed by atoms with Crippen LogP contribution in [0.4, 0.5) is 16.3 Å². The summed E-state index contributed by atoms with van der Waals surface area (Å²) in [4.78, 5) is 25.3. The van der Waals surface area contributed by atoms with Crippen LogP contribution in [0.2, 0.25) is 0 Å². The molecule has 154 valence electrons. The molecule has 0 aliphatic carbocycles. The van der Waals surface area contributed by atoms with Crippen molar-refractivity contribution >= 4 is 17.5 Å². The number of urea groups is 1. The normalized spacial score (nSPS) is 16.2. The molecule has 2 aromatic rings. The zero-order valence-corrected chi connectivity index (χ0v) is 17.1. The highest BCUT2D eigenvalue weighted by Gasteiger charge is 2.27. The molecule has 0 unspecified atom stereocenters. The molecule has 1 aromatic heterocycles. The number of carbonyl (C=O) groups is 1. The molecular weight excluding hydrogens is 368 g/mol. The number of nitrogens with one attached hydrogen (secondary N) is 1. The van der Waals surface area contributed by atoms with Crippen molar-refractivity contribution in [3.63, 3.8) is 0 Å². The van der Waals surface area contributed by atoms with Crippen LogP contribution in [0.5, 0.6) is 6.01 Å². The molecule has 2 amide bonds. The number of unbranched alkanes of at least 4 members (excludes halogenated alkanes) is 1. The lowest BCUT2D eigenvalue weighted by molar-refractivity contribution is 0.202. The van der Waals surface area contributed by atoms with E-state index >= 15 is 0 Å². The Bertz CT molecular complexity index is 916. The van der Waals surface area contributed by atoms with Gasteiger partial charge in [-0.2, -0.15) is 9.97 Å². The molecule has 29 heavy (non-hydrogen) atoms. The zero-order chi connectivity index (χ0) is 20.4. The highest BCUT2D eigenvalue weighted by molar-refractivity contribution is 5.94. The molecule has 0 radical (unpaired) electrons.